The van der Waals surface area contributed by atoms with Gasteiger partial charge in [-0.1, -0.05) is 23.2 Å². The van der Waals surface area contributed by atoms with Crippen LogP contribution in [0, 0.1) is 0 Å². The summed E-state index contributed by atoms with van der Waals surface area (Å²) < 4.78 is 2.72. The van der Waals surface area contributed by atoms with Gasteiger partial charge in [0.25, 0.3) is 5.91 Å². The average Bonchev–Trinajstić information content (AvgIpc) is 3.22. The van der Waals surface area contributed by atoms with E-state index in [1.165, 1.54) is 0 Å². The van der Waals surface area contributed by atoms with Gasteiger partial charge in [0.15, 0.2) is 0 Å². The summed E-state index contributed by atoms with van der Waals surface area (Å²) in [6.07, 6.45) is 1.73. The molecule has 0 aliphatic heterocycles. The third-order valence-electron chi connectivity index (χ3n) is 3.95. The van der Waals surface area contributed by atoms with Crippen LogP contribution in [0.15, 0.2) is 34.9 Å². The first-order valence-corrected chi connectivity index (χ1v) is 9.42. The molecule has 9 heteroatoms. The Morgan fingerprint density at radius 1 is 1.35 bits per heavy atom. The van der Waals surface area contributed by atoms with Crippen LogP contribution in [0.2, 0.25) is 10.0 Å². The predicted molar refractivity (Wildman–Crippen MR) is 105 cm³/mol. The zero-order chi connectivity index (χ0) is 18.8. The fourth-order valence-electron chi connectivity index (χ4n) is 2.59. The van der Waals surface area contributed by atoms with Crippen LogP contribution in [0.3, 0.4) is 0 Å². The lowest BCUT2D eigenvalue weighted by molar-refractivity contribution is 0.0775. The lowest BCUT2D eigenvalue weighted by atomic mass is 10.1. The second-order valence-corrected chi connectivity index (χ2v) is 7.41. The van der Waals surface area contributed by atoms with E-state index in [1.807, 2.05) is 11.6 Å². The molecular weight excluding hydrogens is 441 g/mol. The van der Waals surface area contributed by atoms with Gasteiger partial charge in [0.1, 0.15) is 5.69 Å². The molecule has 136 valence electrons. The Kier molecular flexibility index (Phi) is 5.70. The molecule has 0 aliphatic rings. The number of hydrogen-bond donors (Lipinski definition) is 1. The first-order chi connectivity index (χ1) is 12.4. The molecule has 26 heavy (non-hydrogen) atoms. The number of hydrogen-bond acceptors (Lipinski definition) is 3. The Bertz CT molecular complexity index is 953. The summed E-state index contributed by atoms with van der Waals surface area (Å²) in [5.41, 5.74) is 2.61. The number of nitrogens with zero attached hydrogens (tertiary/aromatic N) is 4. The van der Waals surface area contributed by atoms with Crippen LogP contribution in [0.25, 0.3) is 11.3 Å². The molecule has 0 atom stereocenters. The fraction of sp³-hybridized carbons (Fsp3) is 0.235. The van der Waals surface area contributed by atoms with Gasteiger partial charge in [0.2, 0.25) is 0 Å². The van der Waals surface area contributed by atoms with Crippen LogP contribution in [0.5, 0.6) is 0 Å². The van der Waals surface area contributed by atoms with Crippen LogP contribution in [0.4, 0.5) is 0 Å². The van der Waals surface area contributed by atoms with Crippen LogP contribution in [0.1, 0.15) is 23.1 Å². The van der Waals surface area contributed by atoms with E-state index in [4.69, 9.17) is 23.2 Å². The van der Waals surface area contributed by atoms with Crippen molar-refractivity contribution in [1.29, 1.82) is 0 Å². The smallest absolute Gasteiger partial charge is 0.271 e. The number of benzene rings is 1. The van der Waals surface area contributed by atoms with Gasteiger partial charge in [-0.2, -0.15) is 10.2 Å². The number of rotatable bonds is 5. The molecule has 0 radical (unpaired) electrons. The van der Waals surface area contributed by atoms with Gasteiger partial charge in [-0.3, -0.25) is 14.6 Å². The van der Waals surface area contributed by atoms with Gasteiger partial charge in [0.05, 0.1) is 33.6 Å². The minimum absolute atomic E-state index is 0.176. The number of carbonyl (C=O) groups excluding carboxylic acids is 1. The van der Waals surface area contributed by atoms with Gasteiger partial charge < -0.3 is 4.90 Å². The molecule has 3 rings (SSSR count). The van der Waals surface area contributed by atoms with E-state index < -0.39 is 0 Å². The maximum Gasteiger partial charge on any atom is 0.271 e. The molecule has 0 fully saturated rings. The summed E-state index contributed by atoms with van der Waals surface area (Å²) in [5.74, 6) is -0.176. The normalized spacial score (nSPS) is 11.0. The van der Waals surface area contributed by atoms with Crippen molar-refractivity contribution in [2.75, 3.05) is 7.05 Å². The molecule has 6 nitrogen and oxygen atoms in total. The predicted octanol–water partition coefficient (Wildman–Crippen LogP) is 4.63. The first-order valence-electron chi connectivity index (χ1n) is 7.87. The lowest BCUT2D eigenvalue weighted by Gasteiger charge is -2.17. The average molecular weight is 457 g/mol. The molecule has 1 N–H and O–H groups in total. The molecule has 3 aromatic rings. The Morgan fingerprint density at radius 3 is 2.81 bits per heavy atom. The molecule has 2 heterocycles. The molecule has 0 saturated carbocycles. The second kappa shape index (κ2) is 7.82. The SMILES string of the molecule is CCn1ncc(Br)c1CN(C)C(=O)c1cc(-c2ccc(Cl)cc2Cl)n[nH]1. The van der Waals surface area contributed by atoms with E-state index in [-0.39, 0.29) is 5.91 Å². The van der Waals surface area contributed by atoms with E-state index in [2.05, 4.69) is 31.2 Å². The second-order valence-electron chi connectivity index (χ2n) is 5.71. The quantitative estimate of drug-likeness (QED) is 0.608. The fourth-order valence-corrected chi connectivity index (χ4v) is 3.51. The highest BCUT2D eigenvalue weighted by atomic mass is 79.9. The molecule has 0 spiro atoms. The van der Waals surface area contributed by atoms with E-state index in [1.54, 1.807) is 42.4 Å². The monoisotopic (exact) mass is 455 g/mol. The maximum atomic E-state index is 12.7. The van der Waals surface area contributed by atoms with Gasteiger partial charge in [-0.05, 0) is 47.1 Å². The van der Waals surface area contributed by atoms with Gasteiger partial charge in [-0.25, -0.2) is 0 Å². The molecule has 0 bridgehead atoms. The van der Waals surface area contributed by atoms with Crippen LogP contribution in [-0.4, -0.2) is 37.8 Å². The maximum absolute atomic E-state index is 12.7. The molecule has 1 aromatic carbocycles. The Labute approximate surface area is 169 Å². The van der Waals surface area contributed by atoms with Crippen LogP contribution in [-0.2, 0) is 13.1 Å². The third-order valence-corrected chi connectivity index (χ3v) is 5.16. The molecule has 0 saturated heterocycles. The summed E-state index contributed by atoms with van der Waals surface area (Å²) in [6.45, 7) is 3.15. The number of aryl methyl sites for hydroxylation is 1. The minimum Gasteiger partial charge on any atom is -0.334 e. The molecule has 0 unspecified atom stereocenters. The largest absolute Gasteiger partial charge is 0.334 e. The Morgan fingerprint density at radius 2 is 2.12 bits per heavy atom. The zero-order valence-electron chi connectivity index (χ0n) is 14.1. The number of amides is 1. The highest BCUT2D eigenvalue weighted by Crippen LogP contribution is 2.29. The number of nitrogens with one attached hydrogen (secondary N) is 1. The standard InChI is InChI=1S/C17H16BrCl2N5O/c1-3-25-16(12(18)8-21-25)9-24(2)17(26)15-7-14(22-23-15)11-5-4-10(19)6-13(11)20/h4-8H,3,9H2,1-2H3,(H,22,23). The van der Waals surface area contributed by atoms with Gasteiger partial charge in [0, 0.05) is 24.2 Å². The molecule has 1 amide bonds. The minimum atomic E-state index is -0.176. The molecule has 0 aliphatic carbocycles. The summed E-state index contributed by atoms with van der Waals surface area (Å²) in [6, 6.07) is 6.83. The molecular formula is C17H16BrCl2N5O. The van der Waals surface area contributed by atoms with Crippen molar-refractivity contribution in [3.8, 4) is 11.3 Å². The number of aromatic nitrogens is 4. The van der Waals surface area contributed by atoms with Crippen molar-refractivity contribution in [2.24, 2.45) is 0 Å². The van der Waals surface area contributed by atoms with Crippen LogP contribution >= 0.6 is 39.1 Å². The van der Waals surface area contributed by atoms with E-state index in [9.17, 15) is 4.79 Å². The van der Waals surface area contributed by atoms with E-state index >= 15 is 0 Å². The lowest BCUT2D eigenvalue weighted by Crippen LogP contribution is -2.28. The highest BCUT2D eigenvalue weighted by molar-refractivity contribution is 9.10. The van der Waals surface area contributed by atoms with E-state index in [0.717, 1.165) is 16.7 Å². The van der Waals surface area contributed by atoms with Crippen LogP contribution < -0.4 is 0 Å². The van der Waals surface area contributed by atoms with E-state index in [0.29, 0.717) is 33.5 Å². The summed E-state index contributed by atoms with van der Waals surface area (Å²) in [7, 11) is 1.73. The van der Waals surface area contributed by atoms with Crippen molar-refractivity contribution >= 4 is 45.0 Å². The zero-order valence-corrected chi connectivity index (χ0v) is 17.2. The highest BCUT2D eigenvalue weighted by Gasteiger charge is 2.19. The molecule has 2 aromatic heterocycles. The summed E-state index contributed by atoms with van der Waals surface area (Å²) in [5, 5.41) is 12.3. The topological polar surface area (TPSA) is 66.8 Å². The van der Waals surface area contributed by atoms with Gasteiger partial charge >= 0.3 is 0 Å². The van der Waals surface area contributed by atoms with Crippen molar-refractivity contribution < 1.29 is 4.79 Å². The van der Waals surface area contributed by atoms with Crippen molar-refractivity contribution in [3.63, 3.8) is 0 Å². The number of carbonyl (C=O) groups is 1. The first kappa shape index (κ1) is 18.9. The third kappa shape index (κ3) is 3.79. The summed E-state index contributed by atoms with van der Waals surface area (Å²) in [4.78, 5) is 14.3. The number of H-pyrrole nitrogens is 1. The van der Waals surface area contributed by atoms with Crippen molar-refractivity contribution in [2.45, 2.75) is 20.0 Å². The van der Waals surface area contributed by atoms with Gasteiger partial charge in [-0.15, -0.1) is 0 Å². The van der Waals surface area contributed by atoms with Crippen molar-refractivity contribution in [3.05, 3.63) is 56.4 Å². The Balaban J connectivity index is 1.80. The number of aromatic amines is 1. The summed E-state index contributed by atoms with van der Waals surface area (Å²) >= 11 is 15.6. The van der Waals surface area contributed by atoms with Crippen molar-refractivity contribution in [1.82, 2.24) is 24.9 Å². The number of halogens is 3. The Hall–Kier alpha value is -1.83.